The summed E-state index contributed by atoms with van der Waals surface area (Å²) < 4.78 is 39.5. The van der Waals surface area contributed by atoms with Gasteiger partial charge in [0.2, 0.25) is 0 Å². The second-order valence-electron chi connectivity index (χ2n) is 9.37. The zero-order chi connectivity index (χ0) is 20.3. The van der Waals surface area contributed by atoms with Gasteiger partial charge in [-0.2, -0.15) is 0 Å². The van der Waals surface area contributed by atoms with Gasteiger partial charge in [-0.1, -0.05) is 6.07 Å². The second-order valence-corrected chi connectivity index (χ2v) is 12.7. The fourth-order valence-corrected chi connectivity index (χ4v) is 9.48. The second kappa shape index (κ2) is 9.35. The highest BCUT2D eigenvalue weighted by Crippen LogP contribution is 2.45. The highest BCUT2D eigenvalue weighted by atomic mass is 28.4. The standard InChI is InChI=1S/C23H36F2O2Si/c1-16(2)26-28(27-17(3)4)13-11-20(12-14-28)18-5-7-19(8-6-18)21-9-10-22(24)23(25)15-21/h9-10,15-20H,5-8,11-14H2,1-4H3. The van der Waals surface area contributed by atoms with E-state index in [0.29, 0.717) is 5.92 Å². The van der Waals surface area contributed by atoms with E-state index in [2.05, 4.69) is 27.7 Å². The molecule has 1 saturated heterocycles. The van der Waals surface area contributed by atoms with Gasteiger partial charge in [0, 0.05) is 12.2 Å². The van der Waals surface area contributed by atoms with E-state index in [1.165, 1.54) is 37.8 Å². The summed E-state index contributed by atoms with van der Waals surface area (Å²) in [5.41, 5.74) is 0.961. The molecule has 0 aromatic heterocycles. The number of rotatable bonds is 6. The van der Waals surface area contributed by atoms with E-state index in [0.717, 1.165) is 42.3 Å². The first-order valence-electron chi connectivity index (χ1n) is 11.1. The minimum atomic E-state index is -2.07. The molecule has 1 aromatic carbocycles. The molecule has 0 radical (unpaired) electrons. The predicted octanol–water partition coefficient (Wildman–Crippen LogP) is 6.94. The lowest BCUT2D eigenvalue weighted by Gasteiger charge is -2.43. The fraction of sp³-hybridized carbons (Fsp3) is 0.739. The van der Waals surface area contributed by atoms with Crippen molar-refractivity contribution in [1.29, 1.82) is 0 Å². The van der Waals surface area contributed by atoms with Crippen LogP contribution in [0.2, 0.25) is 12.1 Å². The summed E-state index contributed by atoms with van der Waals surface area (Å²) >= 11 is 0. The Labute approximate surface area is 170 Å². The summed E-state index contributed by atoms with van der Waals surface area (Å²) in [6.45, 7) is 8.46. The average molecular weight is 411 g/mol. The van der Waals surface area contributed by atoms with Crippen molar-refractivity contribution in [2.45, 2.75) is 96.4 Å². The molecular formula is C23H36F2O2Si. The van der Waals surface area contributed by atoms with Crippen molar-refractivity contribution in [1.82, 2.24) is 0 Å². The third-order valence-electron chi connectivity index (χ3n) is 6.55. The van der Waals surface area contributed by atoms with Crippen LogP contribution >= 0.6 is 0 Å². The zero-order valence-electron chi connectivity index (χ0n) is 17.8. The van der Waals surface area contributed by atoms with Gasteiger partial charge in [-0.25, -0.2) is 8.78 Å². The molecule has 158 valence electrons. The van der Waals surface area contributed by atoms with Gasteiger partial charge in [-0.05, 0) is 114 Å². The maximum Gasteiger partial charge on any atom is 0.338 e. The summed E-state index contributed by atoms with van der Waals surface area (Å²) in [6.07, 6.45) is 7.44. The van der Waals surface area contributed by atoms with Crippen LogP contribution in [0.4, 0.5) is 8.78 Å². The first kappa shape index (κ1) is 21.9. The van der Waals surface area contributed by atoms with Crippen LogP contribution in [-0.4, -0.2) is 20.8 Å². The third kappa shape index (κ3) is 5.42. The SMILES string of the molecule is CC(C)O[Si]1(OC(C)C)CCC(C2CCC(c3ccc(F)c(F)c3)CC2)CC1. The van der Waals surface area contributed by atoms with Gasteiger partial charge in [0.25, 0.3) is 0 Å². The number of hydrogen-bond donors (Lipinski definition) is 0. The van der Waals surface area contributed by atoms with Gasteiger partial charge in [-0.15, -0.1) is 0 Å². The van der Waals surface area contributed by atoms with Crippen molar-refractivity contribution in [2.24, 2.45) is 11.8 Å². The predicted molar refractivity (Wildman–Crippen MR) is 112 cm³/mol. The molecule has 1 heterocycles. The summed E-state index contributed by atoms with van der Waals surface area (Å²) in [4.78, 5) is 0. The van der Waals surface area contributed by atoms with E-state index in [4.69, 9.17) is 8.85 Å². The highest BCUT2D eigenvalue weighted by Gasteiger charge is 2.45. The van der Waals surface area contributed by atoms with Crippen LogP contribution in [0.1, 0.15) is 77.7 Å². The van der Waals surface area contributed by atoms with Crippen LogP contribution in [0.5, 0.6) is 0 Å². The van der Waals surface area contributed by atoms with Crippen molar-refractivity contribution >= 4 is 8.56 Å². The Hall–Kier alpha value is -0.783. The molecule has 2 nitrogen and oxygen atoms in total. The quantitative estimate of drug-likeness (QED) is 0.473. The summed E-state index contributed by atoms with van der Waals surface area (Å²) in [7, 11) is -2.07. The smallest absolute Gasteiger partial charge is 0.338 e. The topological polar surface area (TPSA) is 18.5 Å². The van der Waals surface area contributed by atoms with Crippen LogP contribution in [0, 0.1) is 23.5 Å². The lowest BCUT2D eigenvalue weighted by molar-refractivity contribution is 0.0894. The van der Waals surface area contributed by atoms with Crippen LogP contribution < -0.4 is 0 Å². The fourth-order valence-electron chi connectivity index (χ4n) is 5.36. The largest absolute Gasteiger partial charge is 0.392 e. The molecule has 0 amide bonds. The molecule has 0 atom stereocenters. The van der Waals surface area contributed by atoms with E-state index < -0.39 is 20.2 Å². The number of hydrogen-bond acceptors (Lipinski definition) is 2. The maximum absolute atomic E-state index is 13.6. The molecule has 1 saturated carbocycles. The Morgan fingerprint density at radius 3 is 1.82 bits per heavy atom. The number of benzene rings is 1. The average Bonchev–Trinajstić information content (AvgIpc) is 2.63. The van der Waals surface area contributed by atoms with Crippen molar-refractivity contribution in [3.05, 3.63) is 35.4 Å². The Balaban J connectivity index is 1.53. The molecule has 28 heavy (non-hydrogen) atoms. The van der Waals surface area contributed by atoms with Gasteiger partial charge in [0.05, 0.1) is 0 Å². The molecule has 5 heteroatoms. The molecular weight excluding hydrogens is 374 g/mol. The maximum atomic E-state index is 13.6. The molecule has 0 spiro atoms. The monoisotopic (exact) mass is 410 g/mol. The minimum Gasteiger partial charge on any atom is -0.392 e. The van der Waals surface area contributed by atoms with E-state index in [1.807, 2.05) is 0 Å². The lowest BCUT2D eigenvalue weighted by Crippen LogP contribution is -2.49. The first-order chi connectivity index (χ1) is 13.3. The van der Waals surface area contributed by atoms with Crippen LogP contribution in [0.25, 0.3) is 0 Å². The summed E-state index contributed by atoms with van der Waals surface area (Å²) in [5.74, 6) is 0.421. The summed E-state index contributed by atoms with van der Waals surface area (Å²) in [6, 6.07) is 6.64. The van der Waals surface area contributed by atoms with Gasteiger partial charge in [-0.3, -0.25) is 0 Å². The molecule has 0 unspecified atom stereocenters. The summed E-state index contributed by atoms with van der Waals surface area (Å²) in [5, 5.41) is 0. The van der Waals surface area contributed by atoms with Crippen LogP contribution in [-0.2, 0) is 8.85 Å². The van der Waals surface area contributed by atoms with Gasteiger partial charge < -0.3 is 8.85 Å². The molecule has 2 fully saturated rings. The van der Waals surface area contributed by atoms with Crippen molar-refractivity contribution in [2.75, 3.05) is 0 Å². The van der Waals surface area contributed by atoms with Gasteiger partial charge >= 0.3 is 8.56 Å². The van der Waals surface area contributed by atoms with Crippen LogP contribution in [0.3, 0.4) is 0 Å². The van der Waals surface area contributed by atoms with Crippen molar-refractivity contribution < 1.29 is 17.6 Å². The van der Waals surface area contributed by atoms with Crippen molar-refractivity contribution in [3.8, 4) is 0 Å². The molecule has 2 aliphatic rings. The normalized spacial score (nSPS) is 26.1. The molecule has 1 aromatic rings. The minimum absolute atomic E-state index is 0.230. The molecule has 3 rings (SSSR count). The Morgan fingerprint density at radius 2 is 1.32 bits per heavy atom. The Morgan fingerprint density at radius 1 is 0.786 bits per heavy atom. The molecule has 0 bridgehead atoms. The van der Waals surface area contributed by atoms with Crippen LogP contribution in [0.15, 0.2) is 18.2 Å². The van der Waals surface area contributed by atoms with E-state index in [1.54, 1.807) is 6.07 Å². The van der Waals surface area contributed by atoms with Gasteiger partial charge in [0.15, 0.2) is 11.6 Å². The Bertz CT molecular complexity index is 621. The van der Waals surface area contributed by atoms with Gasteiger partial charge in [0.1, 0.15) is 0 Å². The first-order valence-corrected chi connectivity index (χ1v) is 13.3. The molecule has 1 aliphatic heterocycles. The van der Waals surface area contributed by atoms with E-state index >= 15 is 0 Å². The zero-order valence-corrected chi connectivity index (χ0v) is 18.8. The molecule has 0 N–H and O–H groups in total. The van der Waals surface area contributed by atoms with E-state index in [9.17, 15) is 8.78 Å². The van der Waals surface area contributed by atoms with Crippen molar-refractivity contribution in [3.63, 3.8) is 0 Å². The number of halogens is 2. The lowest BCUT2D eigenvalue weighted by atomic mass is 9.72. The van der Waals surface area contributed by atoms with E-state index in [-0.39, 0.29) is 12.2 Å². The Kier molecular flexibility index (Phi) is 7.32. The molecule has 1 aliphatic carbocycles. The highest BCUT2D eigenvalue weighted by molar-refractivity contribution is 6.67. The third-order valence-corrected chi connectivity index (χ3v) is 10.4.